The van der Waals surface area contributed by atoms with Gasteiger partial charge in [-0.1, -0.05) is 13.8 Å². The van der Waals surface area contributed by atoms with Crippen LogP contribution in [0.1, 0.15) is 58.8 Å². The first-order valence-corrected chi connectivity index (χ1v) is 8.18. The fraction of sp³-hybridized carbons (Fsp3) is 0.812. The number of carboxylic acids is 1. The van der Waals surface area contributed by atoms with E-state index >= 15 is 0 Å². The number of nitrogens with one attached hydrogen (secondary N) is 1. The fourth-order valence-electron chi connectivity index (χ4n) is 2.70. The predicted octanol–water partition coefficient (Wildman–Crippen LogP) is 1.78. The summed E-state index contributed by atoms with van der Waals surface area (Å²) in [6.07, 6.45) is 4.63. The number of aliphatic carboxylic acids is 1. The second kappa shape index (κ2) is 9.43. The van der Waals surface area contributed by atoms with Crippen molar-refractivity contribution in [2.45, 2.75) is 64.8 Å². The maximum absolute atomic E-state index is 12.3. The molecular weight excluding hydrogens is 284 g/mol. The topological polar surface area (TPSA) is 86.7 Å². The maximum atomic E-state index is 12.3. The third-order valence-corrected chi connectivity index (χ3v) is 4.02. The number of hydrogen-bond donors (Lipinski definition) is 2. The van der Waals surface area contributed by atoms with Crippen LogP contribution in [0, 0.1) is 5.92 Å². The van der Waals surface area contributed by atoms with Crippen LogP contribution in [-0.2, 0) is 14.4 Å². The number of piperidine rings is 1. The fourth-order valence-corrected chi connectivity index (χ4v) is 2.70. The van der Waals surface area contributed by atoms with E-state index in [4.69, 9.17) is 5.11 Å². The molecule has 0 bridgehead atoms. The molecule has 0 aromatic heterocycles. The molecule has 0 spiro atoms. The van der Waals surface area contributed by atoms with Crippen molar-refractivity contribution in [1.82, 2.24) is 10.2 Å². The minimum atomic E-state index is -0.833. The zero-order valence-corrected chi connectivity index (χ0v) is 13.6. The lowest BCUT2D eigenvalue weighted by Gasteiger charge is -2.35. The van der Waals surface area contributed by atoms with Crippen LogP contribution in [0.3, 0.4) is 0 Å². The van der Waals surface area contributed by atoms with E-state index in [0.29, 0.717) is 25.3 Å². The van der Waals surface area contributed by atoms with Gasteiger partial charge in [0.25, 0.3) is 0 Å². The van der Waals surface area contributed by atoms with Crippen molar-refractivity contribution in [3.63, 3.8) is 0 Å². The third kappa shape index (κ3) is 6.91. The smallest absolute Gasteiger partial charge is 0.303 e. The Bertz CT molecular complexity index is 396. The zero-order valence-electron chi connectivity index (χ0n) is 13.6. The highest BCUT2D eigenvalue weighted by atomic mass is 16.4. The van der Waals surface area contributed by atoms with Crippen molar-refractivity contribution < 1.29 is 19.5 Å². The van der Waals surface area contributed by atoms with E-state index in [2.05, 4.69) is 19.2 Å². The van der Waals surface area contributed by atoms with E-state index in [0.717, 1.165) is 25.7 Å². The van der Waals surface area contributed by atoms with Crippen molar-refractivity contribution in [3.8, 4) is 0 Å². The van der Waals surface area contributed by atoms with E-state index in [1.807, 2.05) is 0 Å². The van der Waals surface area contributed by atoms with Crippen molar-refractivity contribution >= 4 is 17.8 Å². The Balaban J connectivity index is 2.40. The molecule has 1 aliphatic rings. The average molecular weight is 312 g/mol. The van der Waals surface area contributed by atoms with E-state index < -0.39 is 5.97 Å². The van der Waals surface area contributed by atoms with Gasteiger partial charge in [-0.25, -0.2) is 0 Å². The van der Waals surface area contributed by atoms with Gasteiger partial charge in [-0.05, 0) is 38.0 Å². The lowest BCUT2D eigenvalue weighted by atomic mass is 9.98. The Morgan fingerprint density at radius 2 is 1.95 bits per heavy atom. The molecule has 126 valence electrons. The molecule has 0 saturated carbocycles. The summed E-state index contributed by atoms with van der Waals surface area (Å²) in [5.74, 6) is -0.571. The minimum Gasteiger partial charge on any atom is -0.481 e. The number of amides is 2. The van der Waals surface area contributed by atoms with Crippen molar-refractivity contribution in [3.05, 3.63) is 0 Å². The van der Waals surface area contributed by atoms with Gasteiger partial charge in [-0.3, -0.25) is 14.4 Å². The Labute approximate surface area is 132 Å². The molecule has 6 nitrogen and oxygen atoms in total. The molecule has 1 atom stereocenters. The second-order valence-corrected chi connectivity index (χ2v) is 6.38. The number of likely N-dealkylation sites (tertiary alicyclic amines) is 1. The van der Waals surface area contributed by atoms with Crippen LogP contribution >= 0.6 is 0 Å². The molecule has 1 saturated heterocycles. The van der Waals surface area contributed by atoms with Gasteiger partial charge in [0.2, 0.25) is 11.8 Å². The summed E-state index contributed by atoms with van der Waals surface area (Å²) in [5.41, 5.74) is 0. The molecule has 1 heterocycles. The van der Waals surface area contributed by atoms with Crippen LogP contribution in [0.5, 0.6) is 0 Å². The Morgan fingerprint density at radius 3 is 2.59 bits per heavy atom. The van der Waals surface area contributed by atoms with Crippen LogP contribution in [0.15, 0.2) is 0 Å². The highest BCUT2D eigenvalue weighted by Crippen LogP contribution is 2.20. The monoisotopic (exact) mass is 312 g/mol. The lowest BCUT2D eigenvalue weighted by molar-refractivity contribution is -0.140. The number of rotatable bonds is 8. The van der Waals surface area contributed by atoms with Gasteiger partial charge < -0.3 is 15.3 Å². The Hall–Kier alpha value is -1.59. The molecular formula is C16H28N2O4. The summed E-state index contributed by atoms with van der Waals surface area (Å²) in [7, 11) is 0. The summed E-state index contributed by atoms with van der Waals surface area (Å²) in [6.45, 7) is 4.78. The standard InChI is InChI=1S/C16H28N2O4/c1-12(2)6-8-14(19)17-11-15(20)18-10-4-3-5-13(18)7-9-16(21)22/h12-13H,3-11H2,1-2H3,(H,17,19)(H,21,22). The molecule has 1 unspecified atom stereocenters. The third-order valence-electron chi connectivity index (χ3n) is 4.02. The largest absolute Gasteiger partial charge is 0.481 e. The molecule has 0 aromatic rings. The molecule has 1 aliphatic heterocycles. The first-order valence-electron chi connectivity index (χ1n) is 8.18. The summed E-state index contributed by atoms with van der Waals surface area (Å²) >= 11 is 0. The van der Waals surface area contributed by atoms with Crippen LogP contribution in [0.4, 0.5) is 0 Å². The number of hydrogen-bond acceptors (Lipinski definition) is 3. The molecule has 0 radical (unpaired) electrons. The molecule has 1 fully saturated rings. The molecule has 1 rings (SSSR count). The number of nitrogens with zero attached hydrogens (tertiary/aromatic N) is 1. The van der Waals surface area contributed by atoms with Crippen LogP contribution in [0.2, 0.25) is 0 Å². The van der Waals surface area contributed by atoms with Gasteiger partial charge in [-0.2, -0.15) is 0 Å². The van der Waals surface area contributed by atoms with Crippen LogP contribution in [-0.4, -0.2) is 46.9 Å². The molecule has 6 heteroatoms. The van der Waals surface area contributed by atoms with E-state index in [9.17, 15) is 14.4 Å². The molecule has 22 heavy (non-hydrogen) atoms. The molecule has 2 N–H and O–H groups in total. The van der Waals surface area contributed by atoms with Crippen molar-refractivity contribution in [2.24, 2.45) is 5.92 Å². The lowest BCUT2D eigenvalue weighted by Crippen LogP contribution is -2.48. The van der Waals surface area contributed by atoms with E-state index in [1.165, 1.54) is 0 Å². The minimum absolute atomic E-state index is 0.00934. The number of carbonyl (C=O) groups excluding carboxylic acids is 2. The first kappa shape index (κ1) is 18.5. The Morgan fingerprint density at radius 1 is 1.23 bits per heavy atom. The number of carboxylic acid groups (broad SMARTS) is 1. The average Bonchev–Trinajstić information content (AvgIpc) is 2.48. The molecule has 0 aromatic carbocycles. The summed E-state index contributed by atoms with van der Waals surface area (Å²) in [4.78, 5) is 36.4. The van der Waals surface area contributed by atoms with Crippen LogP contribution in [0.25, 0.3) is 0 Å². The highest BCUT2D eigenvalue weighted by molar-refractivity contribution is 5.85. The van der Waals surface area contributed by atoms with Gasteiger partial charge in [-0.15, -0.1) is 0 Å². The SMILES string of the molecule is CC(C)CCC(=O)NCC(=O)N1CCCCC1CCC(=O)O. The summed E-state index contributed by atoms with van der Waals surface area (Å²) < 4.78 is 0. The zero-order chi connectivity index (χ0) is 16.5. The molecule has 0 aliphatic carbocycles. The van der Waals surface area contributed by atoms with Crippen molar-refractivity contribution in [2.75, 3.05) is 13.1 Å². The van der Waals surface area contributed by atoms with Gasteiger partial charge in [0.05, 0.1) is 6.54 Å². The normalized spacial score (nSPS) is 18.3. The van der Waals surface area contributed by atoms with Crippen LogP contribution < -0.4 is 5.32 Å². The van der Waals surface area contributed by atoms with Crippen molar-refractivity contribution in [1.29, 1.82) is 0 Å². The first-order chi connectivity index (χ1) is 10.4. The number of carbonyl (C=O) groups is 3. The maximum Gasteiger partial charge on any atom is 0.303 e. The quantitative estimate of drug-likeness (QED) is 0.715. The summed E-state index contributed by atoms with van der Waals surface area (Å²) in [6, 6.07) is -0.00934. The predicted molar refractivity (Wildman–Crippen MR) is 83.3 cm³/mol. The van der Waals surface area contributed by atoms with Gasteiger partial charge in [0.15, 0.2) is 0 Å². The van der Waals surface area contributed by atoms with Gasteiger partial charge in [0.1, 0.15) is 0 Å². The second-order valence-electron chi connectivity index (χ2n) is 6.38. The Kier molecular flexibility index (Phi) is 7.91. The van der Waals surface area contributed by atoms with Gasteiger partial charge >= 0.3 is 5.97 Å². The highest BCUT2D eigenvalue weighted by Gasteiger charge is 2.26. The molecule has 2 amide bonds. The van der Waals surface area contributed by atoms with E-state index in [-0.39, 0.29) is 30.8 Å². The van der Waals surface area contributed by atoms with Gasteiger partial charge in [0, 0.05) is 25.4 Å². The summed E-state index contributed by atoms with van der Waals surface area (Å²) in [5, 5.41) is 11.5. The van der Waals surface area contributed by atoms with E-state index in [1.54, 1.807) is 4.90 Å².